The highest BCUT2D eigenvalue weighted by Gasteiger charge is 2.49. The quantitative estimate of drug-likeness (QED) is 0.589. The van der Waals surface area contributed by atoms with E-state index in [4.69, 9.17) is 9.47 Å². The van der Waals surface area contributed by atoms with Gasteiger partial charge in [-0.15, -0.1) is 0 Å². The summed E-state index contributed by atoms with van der Waals surface area (Å²) in [6.07, 6.45) is 8.30. The average Bonchev–Trinajstić information content (AvgIpc) is 2.45. The fraction of sp³-hybridized carbons (Fsp3) is 0.632. The summed E-state index contributed by atoms with van der Waals surface area (Å²) < 4.78 is 27.5. The number of hydrogen-bond acceptors (Lipinski definition) is 4. The van der Waals surface area contributed by atoms with Crippen molar-refractivity contribution in [2.24, 2.45) is 9.81 Å². The van der Waals surface area contributed by atoms with Crippen LogP contribution in [0.15, 0.2) is 22.6 Å². The Morgan fingerprint density at radius 2 is 2.00 bits per heavy atom. The largest absolute Gasteiger partial charge is 0.591 e. The van der Waals surface area contributed by atoms with Gasteiger partial charge < -0.3 is 14.0 Å². The second-order valence-electron chi connectivity index (χ2n) is 8.00. The highest BCUT2D eigenvalue weighted by atomic mass is 32.2. The van der Waals surface area contributed by atoms with E-state index in [0.29, 0.717) is 5.41 Å². The lowest BCUT2D eigenvalue weighted by Gasteiger charge is -2.53. The Hall–Kier alpha value is -1.20. The minimum absolute atomic E-state index is 0.276. The van der Waals surface area contributed by atoms with Crippen molar-refractivity contribution in [1.29, 1.82) is 0 Å². The molecule has 3 rings (SSSR count). The SMILES string of the molecule is COc1ccc(C=N[S+]([O-])C(C)(C)C)c(OC2CC3(CCC3)C2)c1. The van der Waals surface area contributed by atoms with E-state index in [1.54, 1.807) is 13.3 Å². The van der Waals surface area contributed by atoms with Crippen LogP contribution in [0, 0.1) is 5.41 Å². The van der Waals surface area contributed by atoms with E-state index in [9.17, 15) is 4.55 Å². The van der Waals surface area contributed by atoms with Gasteiger partial charge in [-0.05, 0) is 64.0 Å². The number of methoxy groups -OCH3 is 1. The van der Waals surface area contributed by atoms with Crippen LogP contribution < -0.4 is 9.47 Å². The van der Waals surface area contributed by atoms with Gasteiger partial charge >= 0.3 is 0 Å². The Bertz CT molecular complexity index is 612. The van der Waals surface area contributed by atoms with Crippen LogP contribution in [0.2, 0.25) is 0 Å². The van der Waals surface area contributed by atoms with Gasteiger partial charge in [0.2, 0.25) is 0 Å². The second kappa shape index (κ2) is 6.60. The first kappa shape index (κ1) is 17.6. The zero-order valence-electron chi connectivity index (χ0n) is 15.0. The Kier molecular flexibility index (Phi) is 4.85. The molecule has 0 heterocycles. The van der Waals surface area contributed by atoms with Crippen molar-refractivity contribution >= 4 is 17.6 Å². The first-order chi connectivity index (χ1) is 11.3. The lowest BCUT2D eigenvalue weighted by atomic mass is 9.55. The van der Waals surface area contributed by atoms with E-state index < -0.39 is 11.4 Å². The fourth-order valence-corrected chi connectivity index (χ4v) is 3.89. The zero-order chi connectivity index (χ0) is 17.4. The molecule has 0 bridgehead atoms. The molecule has 2 fully saturated rings. The summed E-state index contributed by atoms with van der Waals surface area (Å²) in [6.45, 7) is 5.74. The van der Waals surface area contributed by atoms with Gasteiger partial charge in [-0.3, -0.25) is 0 Å². The predicted octanol–water partition coefficient (Wildman–Crippen LogP) is 4.29. The van der Waals surface area contributed by atoms with E-state index in [2.05, 4.69) is 4.40 Å². The molecule has 0 saturated heterocycles. The maximum Gasteiger partial charge on any atom is 0.144 e. The summed E-state index contributed by atoms with van der Waals surface area (Å²) in [5.74, 6) is 1.53. The molecular formula is C19H27NO3S. The number of benzene rings is 1. The molecule has 0 radical (unpaired) electrons. The monoisotopic (exact) mass is 349 g/mol. The summed E-state index contributed by atoms with van der Waals surface area (Å²) in [5.41, 5.74) is 1.42. The number of ether oxygens (including phenoxy) is 2. The maximum atomic E-state index is 12.1. The van der Waals surface area contributed by atoms with Crippen molar-refractivity contribution in [1.82, 2.24) is 0 Å². The summed E-state index contributed by atoms with van der Waals surface area (Å²) >= 11 is -1.28. The molecule has 132 valence electrons. The van der Waals surface area contributed by atoms with Crippen molar-refractivity contribution in [3.63, 3.8) is 0 Å². The number of hydrogen-bond donors (Lipinski definition) is 0. The van der Waals surface area contributed by atoms with Gasteiger partial charge in [0, 0.05) is 11.6 Å². The molecule has 2 saturated carbocycles. The lowest BCUT2D eigenvalue weighted by Crippen LogP contribution is -2.48. The minimum Gasteiger partial charge on any atom is -0.591 e. The third-order valence-electron chi connectivity index (χ3n) is 5.06. The van der Waals surface area contributed by atoms with E-state index >= 15 is 0 Å². The van der Waals surface area contributed by atoms with Gasteiger partial charge in [-0.1, -0.05) is 10.8 Å². The average molecular weight is 349 g/mol. The third kappa shape index (κ3) is 3.72. The summed E-state index contributed by atoms with van der Waals surface area (Å²) in [6, 6.07) is 5.69. The van der Waals surface area contributed by atoms with E-state index in [1.165, 1.54) is 19.3 Å². The van der Waals surface area contributed by atoms with Crippen molar-refractivity contribution in [2.45, 2.75) is 63.7 Å². The molecule has 24 heavy (non-hydrogen) atoms. The Labute approximate surface area is 148 Å². The third-order valence-corrected chi connectivity index (χ3v) is 6.41. The van der Waals surface area contributed by atoms with Crippen LogP contribution in [-0.4, -0.2) is 28.7 Å². The van der Waals surface area contributed by atoms with E-state index in [0.717, 1.165) is 29.9 Å². The van der Waals surface area contributed by atoms with Gasteiger partial charge in [-0.25, -0.2) is 0 Å². The topological polar surface area (TPSA) is 53.9 Å². The van der Waals surface area contributed by atoms with Crippen molar-refractivity contribution in [3.8, 4) is 11.5 Å². The Morgan fingerprint density at radius 1 is 1.29 bits per heavy atom. The van der Waals surface area contributed by atoms with Crippen molar-refractivity contribution < 1.29 is 14.0 Å². The fourth-order valence-electron chi connectivity index (χ4n) is 3.37. The maximum absolute atomic E-state index is 12.1. The van der Waals surface area contributed by atoms with Crippen LogP contribution in [0.1, 0.15) is 58.4 Å². The smallest absolute Gasteiger partial charge is 0.144 e. The van der Waals surface area contributed by atoms with Gasteiger partial charge in [0.05, 0.1) is 19.4 Å². The second-order valence-corrected chi connectivity index (χ2v) is 9.94. The molecule has 2 aliphatic rings. The molecule has 1 aromatic carbocycles. The molecule has 1 spiro atoms. The number of rotatable bonds is 5. The molecule has 5 heteroatoms. The van der Waals surface area contributed by atoms with Crippen LogP contribution in [-0.2, 0) is 11.4 Å². The highest BCUT2D eigenvalue weighted by molar-refractivity contribution is 7.91. The molecule has 0 amide bonds. The first-order valence-electron chi connectivity index (χ1n) is 8.62. The standard InChI is InChI=1S/C19H27NO3S/c1-18(2,3)24(21)20-13-14-6-7-15(22-4)10-17(14)23-16-11-19(12-16)8-5-9-19/h6-7,10,13,16H,5,8-9,11-12H2,1-4H3. The first-order valence-corrected chi connectivity index (χ1v) is 9.73. The molecule has 4 nitrogen and oxygen atoms in total. The van der Waals surface area contributed by atoms with Crippen molar-refractivity contribution in [2.75, 3.05) is 7.11 Å². The molecule has 1 atom stereocenters. The number of nitrogens with zero attached hydrogens (tertiary/aromatic N) is 1. The molecular weight excluding hydrogens is 322 g/mol. The lowest BCUT2D eigenvalue weighted by molar-refractivity contribution is -0.0682. The van der Waals surface area contributed by atoms with Crippen LogP contribution in [0.25, 0.3) is 0 Å². The highest BCUT2D eigenvalue weighted by Crippen LogP contribution is 2.56. The van der Waals surface area contributed by atoms with Crippen LogP contribution >= 0.6 is 0 Å². The molecule has 0 aromatic heterocycles. The van der Waals surface area contributed by atoms with E-state index in [1.807, 2.05) is 39.0 Å². The molecule has 0 N–H and O–H groups in total. The predicted molar refractivity (Wildman–Crippen MR) is 98.4 cm³/mol. The molecule has 2 aliphatic carbocycles. The molecule has 1 unspecified atom stereocenters. The summed E-state index contributed by atoms with van der Waals surface area (Å²) in [4.78, 5) is 0. The van der Waals surface area contributed by atoms with Gasteiger partial charge in [0.1, 0.15) is 27.6 Å². The Balaban J connectivity index is 1.72. The van der Waals surface area contributed by atoms with Gasteiger partial charge in [0.15, 0.2) is 0 Å². The zero-order valence-corrected chi connectivity index (χ0v) is 15.8. The van der Waals surface area contributed by atoms with Crippen LogP contribution in [0.5, 0.6) is 11.5 Å². The van der Waals surface area contributed by atoms with Crippen molar-refractivity contribution in [3.05, 3.63) is 23.8 Å². The van der Waals surface area contributed by atoms with E-state index in [-0.39, 0.29) is 10.9 Å². The summed E-state index contributed by atoms with van der Waals surface area (Å²) in [7, 11) is 1.65. The Morgan fingerprint density at radius 3 is 2.54 bits per heavy atom. The summed E-state index contributed by atoms with van der Waals surface area (Å²) in [5, 5.41) is 0. The van der Waals surface area contributed by atoms with Gasteiger partial charge in [-0.2, -0.15) is 0 Å². The van der Waals surface area contributed by atoms with Gasteiger partial charge in [0.25, 0.3) is 0 Å². The van der Waals surface area contributed by atoms with Crippen LogP contribution in [0.4, 0.5) is 0 Å². The van der Waals surface area contributed by atoms with Crippen LogP contribution in [0.3, 0.4) is 0 Å². The molecule has 0 aliphatic heterocycles. The minimum atomic E-state index is -1.28. The molecule has 1 aromatic rings. The normalized spacial score (nSPS) is 21.4.